The number of carbonyl (C=O) groups is 1. The summed E-state index contributed by atoms with van der Waals surface area (Å²) in [7, 11) is 1.86. The van der Waals surface area contributed by atoms with Gasteiger partial charge in [0.2, 0.25) is 5.91 Å². The van der Waals surface area contributed by atoms with Gasteiger partial charge in [-0.15, -0.1) is 0 Å². The molecule has 0 aliphatic rings. The van der Waals surface area contributed by atoms with E-state index in [-0.39, 0.29) is 10.7 Å². The van der Waals surface area contributed by atoms with Crippen LogP contribution in [-0.2, 0) is 4.79 Å². The SMILES string of the molecule is CCCCN(C)C(=O)[C@@H](Br)CC. The molecule has 3 heteroatoms. The fourth-order valence-electron chi connectivity index (χ4n) is 0.919. The number of hydrogen-bond acceptors (Lipinski definition) is 1. The molecule has 1 atom stereocenters. The summed E-state index contributed by atoms with van der Waals surface area (Å²) in [6.07, 6.45) is 3.08. The molecule has 0 fully saturated rings. The largest absolute Gasteiger partial charge is 0.345 e. The average Bonchev–Trinajstić information content (AvgIpc) is 2.11. The average molecular weight is 236 g/mol. The summed E-state index contributed by atoms with van der Waals surface area (Å²) >= 11 is 3.34. The Bertz CT molecular complexity index is 138. The van der Waals surface area contributed by atoms with Crippen molar-refractivity contribution in [1.29, 1.82) is 0 Å². The van der Waals surface area contributed by atoms with Gasteiger partial charge >= 0.3 is 0 Å². The zero-order valence-electron chi connectivity index (χ0n) is 8.14. The fourth-order valence-corrected chi connectivity index (χ4v) is 1.27. The number of unbranched alkanes of at least 4 members (excludes halogenated alkanes) is 1. The molecule has 0 rings (SSSR count). The summed E-state index contributed by atoms with van der Waals surface area (Å²) < 4.78 is 0. The molecule has 1 amide bonds. The molecule has 0 aliphatic carbocycles. The molecule has 0 unspecified atom stereocenters. The van der Waals surface area contributed by atoms with Gasteiger partial charge < -0.3 is 4.90 Å². The van der Waals surface area contributed by atoms with Crippen LogP contribution in [0.15, 0.2) is 0 Å². The fraction of sp³-hybridized carbons (Fsp3) is 0.889. The summed E-state index contributed by atoms with van der Waals surface area (Å²) in [5.74, 6) is 0.200. The van der Waals surface area contributed by atoms with E-state index < -0.39 is 0 Å². The van der Waals surface area contributed by atoms with Crippen LogP contribution in [-0.4, -0.2) is 29.2 Å². The Morgan fingerprint density at radius 2 is 2.08 bits per heavy atom. The van der Waals surface area contributed by atoms with Gasteiger partial charge in [-0.1, -0.05) is 36.2 Å². The molecule has 0 aliphatic heterocycles. The van der Waals surface area contributed by atoms with E-state index in [9.17, 15) is 4.79 Å². The Morgan fingerprint density at radius 3 is 2.50 bits per heavy atom. The zero-order chi connectivity index (χ0) is 9.56. The highest BCUT2D eigenvalue weighted by molar-refractivity contribution is 9.10. The first-order valence-corrected chi connectivity index (χ1v) is 5.44. The molecule has 0 saturated heterocycles. The minimum absolute atomic E-state index is 0.000596. The van der Waals surface area contributed by atoms with E-state index in [1.165, 1.54) is 0 Å². The molecule has 2 nitrogen and oxygen atoms in total. The minimum atomic E-state index is -0.000596. The lowest BCUT2D eigenvalue weighted by atomic mass is 10.2. The molecular weight excluding hydrogens is 218 g/mol. The first kappa shape index (κ1) is 11.9. The van der Waals surface area contributed by atoms with E-state index in [1.807, 2.05) is 14.0 Å². The van der Waals surface area contributed by atoms with Crippen molar-refractivity contribution in [3.8, 4) is 0 Å². The molecule has 0 aromatic heterocycles. The molecule has 0 aromatic rings. The molecule has 0 bridgehead atoms. The van der Waals surface area contributed by atoms with Gasteiger partial charge in [0.25, 0.3) is 0 Å². The normalized spacial score (nSPS) is 12.7. The van der Waals surface area contributed by atoms with Crippen molar-refractivity contribution in [1.82, 2.24) is 4.90 Å². The third-order valence-electron chi connectivity index (χ3n) is 1.85. The van der Waals surface area contributed by atoms with Gasteiger partial charge in [0.15, 0.2) is 0 Å². The highest BCUT2D eigenvalue weighted by atomic mass is 79.9. The third-order valence-corrected chi connectivity index (χ3v) is 2.89. The van der Waals surface area contributed by atoms with Crippen LogP contribution in [0.5, 0.6) is 0 Å². The van der Waals surface area contributed by atoms with Crippen LogP contribution in [0, 0.1) is 0 Å². The highest BCUT2D eigenvalue weighted by Gasteiger charge is 2.15. The second-order valence-corrected chi connectivity index (χ2v) is 4.09. The molecule has 0 saturated carbocycles. The zero-order valence-corrected chi connectivity index (χ0v) is 9.73. The standard InChI is InChI=1S/C9H18BrNO/c1-4-6-7-11(3)9(12)8(10)5-2/h8H,4-7H2,1-3H3/t8-/m0/s1. The number of nitrogens with zero attached hydrogens (tertiary/aromatic N) is 1. The summed E-state index contributed by atoms with van der Waals surface area (Å²) in [5, 5.41) is 0. The number of alkyl halides is 1. The van der Waals surface area contributed by atoms with Crippen molar-refractivity contribution in [2.75, 3.05) is 13.6 Å². The Kier molecular flexibility index (Phi) is 6.44. The maximum absolute atomic E-state index is 11.5. The van der Waals surface area contributed by atoms with Crippen molar-refractivity contribution in [2.24, 2.45) is 0 Å². The van der Waals surface area contributed by atoms with Crippen molar-refractivity contribution in [3.05, 3.63) is 0 Å². The van der Waals surface area contributed by atoms with E-state index in [0.29, 0.717) is 0 Å². The number of carbonyl (C=O) groups excluding carboxylic acids is 1. The summed E-state index contributed by atoms with van der Waals surface area (Å²) in [6.45, 7) is 5.01. The first-order valence-electron chi connectivity index (χ1n) is 4.52. The third kappa shape index (κ3) is 4.10. The lowest BCUT2D eigenvalue weighted by molar-refractivity contribution is -0.129. The van der Waals surface area contributed by atoms with Crippen molar-refractivity contribution < 1.29 is 4.79 Å². The molecule has 72 valence electrons. The van der Waals surface area contributed by atoms with Gasteiger partial charge in [0.1, 0.15) is 0 Å². The highest BCUT2D eigenvalue weighted by Crippen LogP contribution is 2.08. The van der Waals surface area contributed by atoms with Crippen molar-refractivity contribution >= 4 is 21.8 Å². The number of halogens is 1. The minimum Gasteiger partial charge on any atom is -0.345 e. The smallest absolute Gasteiger partial charge is 0.236 e. The van der Waals surface area contributed by atoms with E-state index in [4.69, 9.17) is 0 Å². The Hall–Kier alpha value is -0.0500. The Balaban J connectivity index is 3.75. The van der Waals surface area contributed by atoms with Crippen LogP contribution >= 0.6 is 15.9 Å². The summed E-state index contributed by atoms with van der Waals surface area (Å²) in [6, 6.07) is 0. The topological polar surface area (TPSA) is 20.3 Å². The van der Waals surface area contributed by atoms with Gasteiger partial charge in [-0.05, 0) is 12.8 Å². The van der Waals surface area contributed by atoms with Crippen molar-refractivity contribution in [2.45, 2.75) is 37.9 Å². The number of amides is 1. The number of rotatable bonds is 5. The maximum Gasteiger partial charge on any atom is 0.236 e. The van der Waals surface area contributed by atoms with Gasteiger partial charge in [-0.25, -0.2) is 0 Å². The van der Waals surface area contributed by atoms with Crippen LogP contribution in [0.2, 0.25) is 0 Å². The van der Waals surface area contributed by atoms with Crippen LogP contribution in [0.25, 0.3) is 0 Å². The molecule has 0 spiro atoms. The van der Waals surface area contributed by atoms with Gasteiger partial charge in [-0.3, -0.25) is 4.79 Å². The second kappa shape index (κ2) is 6.46. The van der Waals surface area contributed by atoms with Crippen molar-refractivity contribution in [3.63, 3.8) is 0 Å². The number of hydrogen-bond donors (Lipinski definition) is 0. The monoisotopic (exact) mass is 235 g/mol. The summed E-state index contributed by atoms with van der Waals surface area (Å²) in [5.41, 5.74) is 0. The second-order valence-electron chi connectivity index (χ2n) is 2.99. The predicted molar refractivity (Wildman–Crippen MR) is 55.6 cm³/mol. The molecule has 0 heterocycles. The predicted octanol–water partition coefficient (Wildman–Crippen LogP) is 2.42. The van der Waals surface area contributed by atoms with E-state index in [2.05, 4.69) is 22.9 Å². The maximum atomic E-state index is 11.5. The molecule has 0 radical (unpaired) electrons. The molecule has 12 heavy (non-hydrogen) atoms. The van der Waals surface area contributed by atoms with E-state index in [0.717, 1.165) is 25.8 Å². The Labute approximate surface area is 83.4 Å². The van der Waals surface area contributed by atoms with Crippen LogP contribution < -0.4 is 0 Å². The van der Waals surface area contributed by atoms with Gasteiger partial charge in [0, 0.05) is 13.6 Å². The van der Waals surface area contributed by atoms with Gasteiger partial charge in [-0.2, -0.15) is 0 Å². The molecule has 0 N–H and O–H groups in total. The van der Waals surface area contributed by atoms with Crippen LogP contribution in [0.4, 0.5) is 0 Å². The quantitative estimate of drug-likeness (QED) is 0.671. The van der Waals surface area contributed by atoms with E-state index in [1.54, 1.807) is 4.90 Å². The summed E-state index contributed by atoms with van der Waals surface area (Å²) in [4.78, 5) is 13.3. The Morgan fingerprint density at radius 1 is 1.50 bits per heavy atom. The lowest BCUT2D eigenvalue weighted by Gasteiger charge is -2.19. The lowest BCUT2D eigenvalue weighted by Crippen LogP contribution is -2.33. The van der Waals surface area contributed by atoms with Crippen LogP contribution in [0.3, 0.4) is 0 Å². The first-order chi connectivity index (χ1) is 5.63. The van der Waals surface area contributed by atoms with Crippen LogP contribution in [0.1, 0.15) is 33.1 Å². The molecule has 0 aromatic carbocycles. The van der Waals surface area contributed by atoms with E-state index >= 15 is 0 Å². The molecular formula is C9H18BrNO. The van der Waals surface area contributed by atoms with Gasteiger partial charge in [0.05, 0.1) is 4.83 Å².